The van der Waals surface area contributed by atoms with Gasteiger partial charge in [0.2, 0.25) is 0 Å². The lowest BCUT2D eigenvalue weighted by Gasteiger charge is -2.07. The minimum absolute atomic E-state index is 0.131. The topological polar surface area (TPSA) is 95.1 Å². The fourth-order valence-corrected chi connectivity index (χ4v) is 1.97. The van der Waals surface area contributed by atoms with Crippen molar-refractivity contribution in [2.75, 3.05) is 5.32 Å². The van der Waals surface area contributed by atoms with Crippen molar-refractivity contribution in [1.29, 1.82) is 0 Å². The van der Waals surface area contributed by atoms with Crippen molar-refractivity contribution >= 4 is 33.4 Å². The largest absolute Gasteiger partial charge is 0.478 e. The number of anilines is 2. The Kier molecular flexibility index (Phi) is 3.66. The number of aromatic nitrogens is 2. The van der Waals surface area contributed by atoms with E-state index in [1.807, 2.05) is 0 Å². The third-order valence-electron chi connectivity index (χ3n) is 2.33. The van der Waals surface area contributed by atoms with Crippen LogP contribution in [-0.2, 0) is 0 Å². The second-order valence-electron chi connectivity index (χ2n) is 3.84. The quantitative estimate of drug-likeness (QED) is 0.805. The van der Waals surface area contributed by atoms with Gasteiger partial charge in [0.1, 0.15) is 11.6 Å². The highest BCUT2D eigenvalue weighted by molar-refractivity contribution is 9.10. The predicted octanol–water partition coefficient (Wildman–Crippen LogP) is 2.28. The Hall–Kier alpha value is -2.15. The summed E-state index contributed by atoms with van der Waals surface area (Å²) < 4.78 is 0.487. The van der Waals surface area contributed by atoms with Gasteiger partial charge in [-0.3, -0.25) is 4.79 Å². The number of carbonyl (C=O) groups is 1. The van der Waals surface area contributed by atoms with Gasteiger partial charge in [-0.2, -0.15) is 0 Å². The first-order chi connectivity index (χ1) is 8.95. The second kappa shape index (κ2) is 5.23. The SMILES string of the molecule is Cc1nc(Nc2ccc(Br)c(C(=O)O)c2)cc(=O)[nH]1. The number of carboxylic acid groups (broad SMARTS) is 1. The molecule has 0 amide bonds. The molecule has 6 nitrogen and oxygen atoms in total. The smallest absolute Gasteiger partial charge is 0.336 e. The van der Waals surface area contributed by atoms with Crippen LogP contribution in [-0.4, -0.2) is 21.0 Å². The maximum Gasteiger partial charge on any atom is 0.336 e. The summed E-state index contributed by atoms with van der Waals surface area (Å²) in [5.41, 5.74) is 0.398. The summed E-state index contributed by atoms with van der Waals surface area (Å²) in [6, 6.07) is 6.07. The number of rotatable bonds is 3. The Bertz CT molecular complexity index is 697. The molecule has 19 heavy (non-hydrogen) atoms. The molecule has 98 valence electrons. The number of carboxylic acids is 1. The van der Waals surface area contributed by atoms with Crippen LogP contribution < -0.4 is 10.9 Å². The highest BCUT2D eigenvalue weighted by atomic mass is 79.9. The molecule has 0 aliphatic heterocycles. The normalized spacial score (nSPS) is 10.2. The first-order valence-corrected chi connectivity index (χ1v) is 6.13. The summed E-state index contributed by atoms with van der Waals surface area (Å²) in [5, 5.41) is 11.9. The fraction of sp³-hybridized carbons (Fsp3) is 0.0833. The molecule has 0 bridgehead atoms. The zero-order chi connectivity index (χ0) is 14.0. The van der Waals surface area contributed by atoms with E-state index in [-0.39, 0.29) is 11.1 Å². The van der Waals surface area contributed by atoms with Gasteiger partial charge in [-0.05, 0) is 41.1 Å². The van der Waals surface area contributed by atoms with Gasteiger partial charge >= 0.3 is 5.97 Å². The number of hydrogen-bond acceptors (Lipinski definition) is 4. The van der Waals surface area contributed by atoms with Crippen LogP contribution in [0.4, 0.5) is 11.5 Å². The summed E-state index contributed by atoms with van der Waals surface area (Å²) in [6.07, 6.45) is 0. The van der Waals surface area contributed by atoms with E-state index in [0.29, 0.717) is 21.8 Å². The molecule has 0 saturated carbocycles. The van der Waals surface area contributed by atoms with Crippen LogP contribution in [0, 0.1) is 6.92 Å². The van der Waals surface area contributed by atoms with Gasteiger partial charge < -0.3 is 15.4 Å². The average Bonchev–Trinajstić information content (AvgIpc) is 2.30. The van der Waals surface area contributed by atoms with Crippen molar-refractivity contribution in [1.82, 2.24) is 9.97 Å². The second-order valence-corrected chi connectivity index (χ2v) is 4.70. The number of nitrogens with one attached hydrogen (secondary N) is 2. The van der Waals surface area contributed by atoms with E-state index >= 15 is 0 Å². The minimum Gasteiger partial charge on any atom is -0.478 e. The first-order valence-electron chi connectivity index (χ1n) is 5.33. The van der Waals surface area contributed by atoms with E-state index < -0.39 is 5.97 Å². The summed E-state index contributed by atoms with van der Waals surface area (Å²) >= 11 is 3.16. The van der Waals surface area contributed by atoms with Gasteiger partial charge in [0.05, 0.1) is 5.56 Å². The van der Waals surface area contributed by atoms with Crippen LogP contribution in [0.15, 0.2) is 33.5 Å². The average molecular weight is 324 g/mol. The maximum absolute atomic E-state index is 11.3. The Balaban J connectivity index is 2.36. The van der Waals surface area contributed by atoms with E-state index in [1.165, 1.54) is 12.1 Å². The van der Waals surface area contributed by atoms with Gasteiger partial charge in [0, 0.05) is 16.2 Å². The number of aryl methyl sites for hydroxylation is 1. The van der Waals surface area contributed by atoms with Crippen LogP contribution >= 0.6 is 15.9 Å². The van der Waals surface area contributed by atoms with Gasteiger partial charge in [-0.15, -0.1) is 0 Å². The fourth-order valence-electron chi connectivity index (χ4n) is 1.56. The van der Waals surface area contributed by atoms with Crippen LogP contribution in [0.25, 0.3) is 0 Å². The molecular weight excluding hydrogens is 314 g/mol. The molecule has 0 spiro atoms. The Morgan fingerprint density at radius 3 is 2.79 bits per heavy atom. The van der Waals surface area contributed by atoms with Crippen molar-refractivity contribution in [3.05, 3.63) is 50.5 Å². The van der Waals surface area contributed by atoms with Crippen molar-refractivity contribution in [2.24, 2.45) is 0 Å². The molecular formula is C12H10BrN3O3. The number of halogens is 1. The highest BCUT2D eigenvalue weighted by Crippen LogP contribution is 2.22. The first kappa shape index (κ1) is 13.3. The standard InChI is InChI=1S/C12H10BrN3O3/c1-6-14-10(5-11(17)15-6)16-7-2-3-9(13)8(4-7)12(18)19/h2-5H,1H3,(H,18,19)(H2,14,15,16,17). The molecule has 2 aromatic rings. The van der Waals surface area contributed by atoms with Crippen LogP contribution in [0.2, 0.25) is 0 Å². The van der Waals surface area contributed by atoms with Gasteiger partial charge in [0.15, 0.2) is 0 Å². The summed E-state index contributed by atoms with van der Waals surface area (Å²) in [6.45, 7) is 1.66. The summed E-state index contributed by atoms with van der Waals surface area (Å²) in [5.74, 6) is -0.198. The van der Waals surface area contributed by atoms with E-state index in [2.05, 4.69) is 31.2 Å². The number of aromatic carboxylic acids is 1. The van der Waals surface area contributed by atoms with Crippen molar-refractivity contribution in [3.8, 4) is 0 Å². The van der Waals surface area contributed by atoms with Crippen LogP contribution in [0.5, 0.6) is 0 Å². The molecule has 0 atom stereocenters. The lowest BCUT2D eigenvalue weighted by atomic mass is 10.2. The van der Waals surface area contributed by atoms with Crippen molar-refractivity contribution in [3.63, 3.8) is 0 Å². The van der Waals surface area contributed by atoms with Crippen molar-refractivity contribution in [2.45, 2.75) is 6.92 Å². The van der Waals surface area contributed by atoms with Crippen LogP contribution in [0.1, 0.15) is 16.2 Å². The number of aromatic amines is 1. The highest BCUT2D eigenvalue weighted by Gasteiger charge is 2.09. The van der Waals surface area contributed by atoms with Gasteiger partial charge in [-0.25, -0.2) is 9.78 Å². The third-order valence-corrected chi connectivity index (χ3v) is 3.02. The number of benzene rings is 1. The summed E-state index contributed by atoms with van der Waals surface area (Å²) in [4.78, 5) is 28.9. The molecule has 7 heteroatoms. The molecule has 0 saturated heterocycles. The zero-order valence-electron chi connectivity index (χ0n) is 9.90. The number of hydrogen-bond donors (Lipinski definition) is 3. The monoisotopic (exact) mass is 323 g/mol. The molecule has 1 aromatic carbocycles. The zero-order valence-corrected chi connectivity index (χ0v) is 11.5. The Labute approximate surface area is 116 Å². The molecule has 1 aromatic heterocycles. The number of H-pyrrole nitrogens is 1. The third kappa shape index (κ3) is 3.19. The molecule has 3 N–H and O–H groups in total. The molecule has 0 unspecified atom stereocenters. The molecule has 0 aliphatic rings. The lowest BCUT2D eigenvalue weighted by Crippen LogP contribution is -2.10. The van der Waals surface area contributed by atoms with Crippen LogP contribution in [0.3, 0.4) is 0 Å². The Morgan fingerprint density at radius 2 is 2.16 bits per heavy atom. The van der Waals surface area contributed by atoms with E-state index in [4.69, 9.17) is 5.11 Å². The summed E-state index contributed by atoms with van der Waals surface area (Å²) in [7, 11) is 0. The van der Waals surface area contributed by atoms with Crippen molar-refractivity contribution < 1.29 is 9.90 Å². The van der Waals surface area contributed by atoms with E-state index in [9.17, 15) is 9.59 Å². The molecule has 2 rings (SSSR count). The predicted molar refractivity (Wildman–Crippen MR) is 74.0 cm³/mol. The number of nitrogens with zero attached hydrogens (tertiary/aromatic N) is 1. The van der Waals surface area contributed by atoms with Gasteiger partial charge in [-0.1, -0.05) is 0 Å². The maximum atomic E-state index is 11.3. The van der Waals surface area contributed by atoms with E-state index in [0.717, 1.165) is 0 Å². The van der Waals surface area contributed by atoms with E-state index in [1.54, 1.807) is 19.1 Å². The minimum atomic E-state index is -1.04. The van der Waals surface area contributed by atoms with Gasteiger partial charge in [0.25, 0.3) is 5.56 Å². The Morgan fingerprint density at radius 1 is 1.42 bits per heavy atom. The molecule has 0 fully saturated rings. The molecule has 0 aliphatic carbocycles. The molecule has 0 radical (unpaired) electrons. The molecule has 1 heterocycles. The lowest BCUT2D eigenvalue weighted by molar-refractivity contribution is 0.0696.